The molecule has 0 aliphatic carbocycles. The topological polar surface area (TPSA) is 38.5 Å². The Labute approximate surface area is 85.9 Å². The lowest BCUT2D eigenvalue weighted by Gasteiger charge is -2.45. The van der Waals surface area contributed by atoms with E-state index in [0.29, 0.717) is 24.5 Å². The molecule has 4 unspecified atom stereocenters. The van der Waals surface area contributed by atoms with Crippen molar-refractivity contribution in [1.29, 1.82) is 0 Å². The molecule has 1 saturated heterocycles. The van der Waals surface area contributed by atoms with Gasteiger partial charge in [-0.05, 0) is 25.8 Å². The third-order valence-corrected chi connectivity index (χ3v) is 3.59. The molecule has 2 N–H and O–H groups in total. The summed E-state index contributed by atoms with van der Waals surface area (Å²) in [7, 11) is 1.77. The highest BCUT2D eigenvalue weighted by Gasteiger charge is 2.35. The van der Waals surface area contributed by atoms with Crippen LogP contribution in [-0.2, 0) is 4.74 Å². The first-order chi connectivity index (χ1) is 6.76. The van der Waals surface area contributed by atoms with Crippen LogP contribution < -0.4 is 5.73 Å². The number of ether oxygens (including phenoxy) is 1. The molecule has 1 fully saturated rings. The first-order valence-corrected chi connectivity index (χ1v) is 5.47. The average Bonchev–Trinajstić information content (AvgIpc) is 2.23. The SMILES string of the molecule is COC1=CC(CN)N2CC1CCC2C. The number of nitrogens with two attached hydrogens (primary N) is 1. The highest BCUT2D eigenvalue weighted by atomic mass is 16.5. The van der Waals surface area contributed by atoms with Gasteiger partial charge in [-0.3, -0.25) is 4.90 Å². The normalized spacial score (nSPS) is 41.8. The molecule has 0 saturated carbocycles. The quantitative estimate of drug-likeness (QED) is 0.715. The van der Waals surface area contributed by atoms with Gasteiger partial charge in [-0.2, -0.15) is 0 Å². The van der Waals surface area contributed by atoms with Gasteiger partial charge in [-0.25, -0.2) is 0 Å². The lowest BCUT2D eigenvalue weighted by molar-refractivity contribution is 0.0600. The lowest BCUT2D eigenvalue weighted by atomic mass is 9.86. The summed E-state index contributed by atoms with van der Waals surface area (Å²) in [5.41, 5.74) is 5.78. The molecule has 0 aromatic carbocycles. The average molecular weight is 196 g/mol. The minimum absolute atomic E-state index is 0.386. The molecule has 2 heterocycles. The van der Waals surface area contributed by atoms with E-state index in [-0.39, 0.29) is 0 Å². The smallest absolute Gasteiger partial charge is 0.0975 e. The fourth-order valence-corrected chi connectivity index (χ4v) is 2.69. The van der Waals surface area contributed by atoms with Crippen molar-refractivity contribution in [3.8, 4) is 0 Å². The van der Waals surface area contributed by atoms with Crippen LogP contribution in [0, 0.1) is 5.92 Å². The maximum absolute atomic E-state index is 5.78. The fourth-order valence-electron chi connectivity index (χ4n) is 2.69. The molecular formula is C11H20N2O. The molecule has 4 atom stereocenters. The van der Waals surface area contributed by atoms with Crippen LogP contribution in [0.1, 0.15) is 19.8 Å². The molecule has 0 aromatic rings. The monoisotopic (exact) mass is 196 g/mol. The summed E-state index contributed by atoms with van der Waals surface area (Å²) in [6.45, 7) is 4.12. The molecule has 14 heavy (non-hydrogen) atoms. The predicted octanol–water partition coefficient (Wildman–Crippen LogP) is 0.958. The van der Waals surface area contributed by atoms with E-state index in [2.05, 4.69) is 17.9 Å². The molecular weight excluding hydrogens is 176 g/mol. The molecule has 80 valence electrons. The van der Waals surface area contributed by atoms with Crippen molar-refractivity contribution >= 4 is 0 Å². The van der Waals surface area contributed by atoms with Gasteiger partial charge in [0.25, 0.3) is 0 Å². The Hall–Kier alpha value is -0.540. The summed E-state index contributed by atoms with van der Waals surface area (Å²) < 4.78 is 5.42. The first-order valence-electron chi connectivity index (χ1n) is 5.47. The van der Waals surface area contributed by atoms with Crippen molar-refractivity contribution in [2.24, 2.45) is 11.7 Å². The minimum Gasteiger partial charge on any atom is -0.501 e. The largest absolute Gasteiger partial charge is 0.501 e. The van der Waals surface area contributed by atoms with Gasteiger partial charge in [0.1, 0.15) is 0 Å². The van der Waals surface area contributed by atoms with Gasteiger partial charge in [-0.1, -0.05) is 0 Å². The van der Waals surface area contributed by atoms with Crippen molar-refractivity contribution < 1.29 is 4.74 Å². The van der Waals surface area contributed by atoms with Crippen LogP contribution in [0.2, 0.25) is 0 Å². The summed E-state index contributed by atoms with van der Waals surface area (Å²) in [4.78, 5) is 2.51. The fraction of sp³-hybridized carbons (Fsp3) is 0.818. The number of hydrogen-bond donors (Lipinski definition) is 1. The Morgan fingerprint density at radius 2 is 2.36 bits per heavy atom. The Balaban J connectivity index is 2.21. The van der Waals surface area contributed by atoms with Crippen LogP contribution in [-0.4, -0.2) is 37.2 Å². The molecule has 3 nitrogen and oxygen atoms in total. The maximum atomic E-state index is 5.78. The van der Waals surface area contributed by atoms with Crippen LogP contribution in [0.4, 0.5) is 0 Å². The number of rotatable bonds is 2. The van der Waals surface area contributed by atoms with E-state index in [9.17, 15) is 0 Å². The van der Waals surface area contributed by atoms with E-state index >= 15 is 0 Å². The Morgan fingerprint density at radius 1 is 1.57 bits per heavy atom. The maximum Gasteiger partial charge on any atom is 0.0975 e. The third kappa shape index (κ3) is 1.55. The van der Waals surface area contributed by atoms with Gasteiger partial charge < -0.3 is 10.5 Å². The predicted molar refractivity (Wildman–Crippen MR) is 56.8 cm³/mol. The number of methoxy groups -OCH3 is 1. The minimum atomic E-state index is 0.386. The van der Waals surface area contributed by atoms with Gasteiger partial charge in [0.15, 0.2) is 0 Å². The number of piperidine rings is 1. The number of fused-ring (bicyclic) bond motifs is 2. The van der Waals surface area contributed by atoms with Gasteiger partial charge in [0.2, 0.25) is 0 Å². The molecule has 2 aliphatic rings. The van der Waals surface area contributed by atoms with Crippen molar-refractivity contribution in [1.82, 2.24) is 4.90 Å². The second-order valence-corrected chi connectivity index (χ2v) is 4.40. The summed E-state index contributed by atoms with van der Waals surface area (Å²) in [5, 5.41) is 0. The molecule has 0 spiro atoms. The zero-order chi connectivity index (χ0) is 10.1. The molecule has 2 rings (SSSR count). The van der Waals surface area contributed by atoms with E-state index in [1.54, 1.807) is 7.11 Å². The van der Waals surface area contributed by atoms with Crippen LogP contribution in [0.25, 0.3) is 0 Å². The molecule has 2 bridgehead atoms. The highest BCUT2D eigenvalue weighted by Crippen LogP contribution is 2.33. The van der Waals surface area contributed by atoms with E-state index in [0.717, 1.165) is 12.3 Å². The molecule has 0 radical (unpaired) electrons. The van der Waals surface area contributed by atoms with Crippen LogP contribution in [0.15, 0.2) is 11.8 Å². The van der Waals surface area contributed by atoms with E-state index in [1.165, 1.54) is 12.8 Å². The Bertz CT molecular complexity index is 239. The zero-order valence-electron chi connectivity index (χ0n) is 9.07. The Morgan fingerprint density at radius 3 is 3.00 bits per heavy atom. The molecule has 0 amide bonds. The lowest BCUT2D eigenvalue weighted by Crippen LogP contribution is -2.53. The standard InChI is InChI=1S/C11H20N2O/c1-8-3-4-9-7-13(8)10(6-12)5-11(9)14-2/h5,8-10H,3-4,6-7,12H2,1-2H3. The van der Waals surface area contributed by atoms with E-state index in [1.807, 2.05) is 0 Å². The van der Waals surface area contributed by atoms with Crippen molar-refractivity contribution in [2.75, 3.05) is 20.2 Å². The van der Waals surface area contributed by atoms with Crippen LogP contribution >= 0.6 is 0 Å². The first kappa shape index (κ1) is 9.99. The zero-order valence-corrected chi connectivity index (χ0v) is 9.07. The summed E-state index contributed by atoms with van der Waals surface area (Å²) in [6.07, 6.45) is 4.74. The van der Waals surface area contributed by atoms with Crippen molar-refractivity contribution in [2.45, 2.75) is 31.8 Å². The summed E-state index contributed by atoms with van der Waals surface area (Å²) >= 11 is 0. The second-order valence-electron chi connectivity index (χ2n) is 4.40. The number of hydrogen-bond acceptors (Lipinski definition) is 3. The van der Waals surface area contributed by atoms with Crippen LogP contribution in [0.3, 0.4) is 0 Å². The third-order valence-electron chi connectivity index (χ3n) is 3.59. The molecule has 3 heteroatoms. The van der Waals surface area contributed by atoms with Crippen molar-refractivity contribution in [3.05, 3.63) is 11.8 Å². The second kappa shape index (κ2) is 3.91. The summed E-state index contributed by atoms with van der Waals surface area (Å²) in [6, 6.07) is 1.06. The molecule has 0 aromatic heterocycles. The highest BCUT2D eigenvalue weighted by molar-refractivity contribution is 5.13. The van der Waals surface area contributed by atoms with Crippen molar-refractivity contribution in [3.63, 3.8) is 0 Å². The van der Waals surface area contributed by atoms with E-state index < -0.39 is 0 Å². The summed E-state index contributed by atoms with van der Waals surface area (Å²) in [5.74, 6) is 1.77. The van der Waals surface area contributed by atoms with Gasteiger partial charge in [-0.15, -0.1) is 0 Å². The van der Waals surface area contributed by atoms with Gasteiger partial charge >= 0.3 is 0 Å². The van der Waals surface area contributed by atoms with Gasteiger partial charge in [0.05, 0.1) is 12.9 Å². The van der Waals surface area contributed by atoms with Crippen LogP contribution in [0.5, 0.6) is 0 Å². The number of nitrogens with zero attached hydrogens (tertiary/aromatic N) is 1. The van der Waals surface area contributed by atoms with E-state index in [4.69, 9.17) is 10.5 Å². The van der Waals surface area contributed by atoms with Gasteiger partial charge in [0, 0.05) is 31.1 Å². The molecule has 2 aliphatic heterocycles. The Kier molecular flexibility index (Phi) is 2.79.